The van der Waals surface area contributed by atoms with Gasteiger partial charge in [-0.3, -0.25) is 4.79 Å². The molecule has 22 heavy (non-hydrogen) atoms. The number of rotatable bonds is 6. The zero-order chi connectivity index (χ0) is 17.0. The molecule has 3 nitrogen and oxygen atoms in total. The molecule has 0 heterocycles. The SMILES string of the molecule is CCCC(O)C(=[C-]C(=O)OCC)C1CCCCC1.[Cl][Ta]([Cl])[Cl]. The topological polar surface area (TPSA) is 46.5 Å². The first-order valence-electron chi connectivity index (χ1n) is 7.68. The Kier molecular flexibility index (Phi) is 14.7. The van der Waals surface area contributed by atoms with E-state index in [1.165, 1.54) is 19.3 Å². The molecule has 1 saturated carbocycles. The van der Waals surface area contributed by atoms with Crippen molar-refractivity contribution in [1.29, 1.82) is 0 Å². The number of ether oxygens (including phenoxy) is 1. The van der Waals surface area contributed by atoms with Gasteiger partial charge in [-0.1, -0.05) is 32.6 Å². The van der Waals surface area contributed by atoms with E-state index >= 15 is 0 Å². The molecule has 1 rings (SSSR count). The minimum atomic E-state index is -2.18. The monoisotopic (exact) mass is 539 g/mol. The zero-order valence-corrected chi connectivity index (χ0v) is 18.6. The molecule has 0 saturated heterocycles. The van der Waals surface area contributed by atoms with Gasteiger partial charge < -0.3 is 15.9 Å². The van der Waals surface area contributed by atoms with Gasteiger partial charge in [0.25, 0.3) is 0 Å². The van der Waals surface area contributed by atoms with Crippen molar-refractivity contribution in [2.24, 2.45) is 5.92 Å². The maximum atomic E-state index is 11.5. The average Bonchev–Trinajstić information content (AvgIpc) is 2.45. The van der Waals surface area contributed by atoms with Crippen LogP contribution in [0.15, 0.2) is 5.57 Å². The fraction of sp³-hybridized carbons (Fsp3) is 0.800. The van der Waals surface area contributed by atoms with Crippen molar-refractivity contribution in [3.63, 3.8) is 0 Å². The molecule has 1 aliphatic carbocycles. The van der Waals surface area contributed by atoms with Crippen LogP contribution >= 0.6 is 27.6 Å². The first-order valence-corrected chi connectivity index (χ1v) is 19.6. The third-order valence-electron chi connectivity index (χ3n) is 3.49. The standard InChI is InChI=1S/C15H25O3.3ClH.Ta/c1-3-8-14(16)13(11-15(17)18-4-2)12-9-6-5-7-10-12;;;;/h12,14,16H,3-10H2,1-2H3;3*1H;/q-1;;;;+3/p-3. The number of aliphatic hydroxyl groups excluding tert-OH is 1. The first kappa shape index (κ1) is 22.8. The van der Waals surface area contributed by atoms with Gasteiger partial charge in [0.15, 0.2) is 0 Å². The molecule has 0 amide bonds. The van der Waals surface area contributed by atoms with Crippen LogP contribution < -0.4 is 0 Å². The van der Waals surface area contributed by atoms with Crippen LogP contribution in [-0.2, 0) is 24.7 Å². The van der Waals surface area contributed by atoms with Crippen LogP contribution in [-0.4, -0.2) is 23.8 Å². The van der Waals surface area contributed by atoms with Crippen LogP contribution in [0.4, 0.5) is 0 Å². The molecule has 0 radical (unpaired) electrons. The Morgan fingerprint density at radius 2 is 1.82 bits per heavy atom. The number of halogens is 3. The van der Waals surface area contributed by atoms with Gasteiger partial charge in [-0.2, -0.15) is 0 Å². The van der Waals surface area contributed by atoms with Crippen LogP contribution in [0.3, 0.4) is 0 Å². The van der Waals surface area contributed by atoms with Crippen molar-refractivity contribution in [3.05, 3.63) is 11.6 Å². The van der Waals surface area contributed by atoms with E-state index in [1.807, 2.05) is 6.92 Å². The Bertz CT molecular complexity index is 329. The predicted molar refractivity (Wildman–Crippen MR) is 88.4 cm³/mol. The van der Waals surface area contributed by atoms with Crippen molar-refractivity contribution in [1.82, 2.24) is 0 Å². The summed E-state index contributed by atoms with van der Waals surface area (Å²) >= 11 is -2.18. The van der Waals surface area contributed by atoms with E-state index in [-0.39, 0.29) is 0 Å². The summed E-state index contributed by atoms with van der Waals surface area (Å²) in [6.07, 6.45) is 9.57. The van der Waals surface area contributed by atoms with Crippen LogP contribution in [0.25, 0.3) is 0 Å². The van der Waals surface area contributed by atoms with E-state index in [0.717, 1.165) is 24.8 Å². The summed E-state index contributed by atoms with van der Waals surface area (Å²) in [7, 11) is 15.0. The molecule has 0 aromatic rings. The van der Waals surface area contributed by atoms with Gasteiger partial charge in [0.2, 0.25) is 0 Å². The molecule has 1 fully saturated rings. The predicted octanol–water partition coefficient (Wildman–Crippen LogP) is 5.09. The molecule has 130 valence electrons. The molecular weight excluding hydrogens is 515 g/mol. The third kappa shape index (κ3) is 11.3. The fourth-order valence-corrected chi connectivity index (χ4v) is 2.59. The van der Waals surface area contributed by atoms with Gasteiger partial charge >= 0.3 is 42.8 Å². The first-order chi connectivity index (χ1) is 10.4. The summed E-state index contributed by atoms with van der Waals surface area (Å²) in [5, 5.41) is 10.2. The van der Waals surface area contributed by atoms with Crippen LogP contribution in [0.2, 0.25) is 0 Å². The minimum absolute atomic E-state index is 0.310. The third-order valence-corrected chi connectivity index (χ3v) is 3.49. The molecule has 1 aliphatic rings. The Morgan fingerprint density at radius 3 is 2.27 bits per heavy atom. The van der Waals surface area contributed by atoms with E-state index in [0.29, 0.717) is 18.9 Å². The van der Waals surface area contributed by atoms with Gasteiger partial charge in [-0.05, 0) is 32.1 Å². The Labute approximate surface area is 151 Å². The van der Waals surface area contributed by atoms with Gasteiger partial charge in [-0.25, -0.2) is 5.57 Å². The van der Waals surface area contributed by atoms with E-state index in [1.54, 1.807) is 6.92 Å². The molecular formula is C15H25Cl3O3Ta-. The number of hydrogen-bond acceptors (Lipinski definition) is 3. The zero-order valence-electron chi connectivity index (χ0n) is 13.2. The molecule has 1 atom stereocenters. The van der Waals surface area contributed by atoms with Crippen molar-refractivity contribution in [3.8, 4) is 0 Å². The summed E-state index contributed by atoms with van der Waals surface area (Å²) in [4.78, 5) is 11.5. The van der Waals surface area contributed by atoms with Gasteiger partial charge in [0.05, 0.1) is 6.61 Å². The molecule has 1 N–H and O–H groups in total. The van der Waals surface area contributed by atoms with Crippen LogP contribution in [0.1, 0.15) is 58.8 Å². The van der Waals surface area contributed by atoms with Crippen LogP contribution in [0, 0.1) is 12.0 Å². The fourth-order valence-electron chi connectivity index (χ4n) is 2.59. The summed E-state index contributed by atoms with van der Waals surface area (Å²) < 4.78 is 4.91. The van der Waals surface area contributed by atoms with Gasteiger partial charge in [-0.15, -0.1) is 0 Å². The summed E-state index contributed by atoms with van der Waals surface area (Å²) in [6.45, 7) is 4.17. The van der Waals surface area contributed by atoms with Crippen molar-refractivity contribution in [2.45, 2.75) is 64.9 Å². The summed E-state index contributed by atoms with van der Waals surface area (Å²) in [5.74, 6) is -0.127. The quantitative estimate of drug-likeness (QED) is 0.290. The molecule has 0 aromatic carbocycles. The summed E-state index contributed by atoms with van der Waals surface area (Å²) in [6, 6.07) is 0. The number of hydrogen-bond donors (Lipinski definition) is 1. The van der Waals surface area contributed by atoms with Crippen molar-refractivity contribution in [2.75, 3.05) is 6.61 Å². The molecule has 0 aliphatic heterocycles. The molecule has 0 aromatic heterocycles. The van der Waals surface area contributed by atoms with Crippen molar-refractivity contribution >= 4 is 33.5 Å². The molecule has 7 heteroatoms. The Morgan fingerprint density at radius 1 is 1.27 bits per heavy atom. The molecule has 1 unspecified atom stereocenters. The van der Waals surface area contributed by atoms with Gasteiger partial charge in [0, 0.05) is 6.10 Å². The second kappa shape index (κ2) is 14.2. The normalized spacial score (nSPS) is 17.7. The summed E-state index contributed by atoms with van der Waals surface area (Å²) in [5.41, 5.74) is 0.773. The van der Waals surface area contributed by atoms with E-state index in [4.69, 9.17) is 32.3 Å². The average molecular weight is 541 g/mol. The Hall–Kier alpha value is 0.780. The second-order valence-electron chi connectivity index (χ2n) is 5.13. The number of aliphatic hydroxyl groups is 1. The number of carbonyl (C=O) groups is 1. The van der Waals surface area contributed by atoms with Crippen molar-refractivity contribution < 1.29 is 29.8 Å². The molecule has 0 bridgehead atoms. The van der Waals surface area contributed by atoms with E-state index in [2.05, 4.69) is 6.08 Å². The molecule has 0 spiro atoms. The second-order valence-corrected chi connectivity index (χ2v) is 19.1. The van der Waals surface area contributed by atoms with E-state index < -0.39 is 27.3 Å². The Balaban J connectivity index is 0.000000980. The van der Waals surface area contributed by atoms with E-state index in [9.17, 15) is 9.90 Å². The maximum absolute atomic E-state index is 11.5. The number of esters is 1. The van der Waals surface area contributed by atoms with Gasteiger partial charge in [0.1, 0.15) is 5.97 Å². The number of carbonyl (C=O) groups excluding carboxylic acids is 1. The van der Waals surface area contributed by atoms with Crippen LogP contribution in [0.5, 0.6) is 0 Å².